The molecular formula is C13H18FNO4S. The Morgan fingerprint density at radius 2 is 1.95 bits per heavy atom. The van der Waals surface area contributed by atoms with Crippen LogP contribution in [-0.2, 0) is 10.0 Å². The van der Waals surface area contributed by atoms with E-state index in [1.54, 1.807) is 13.8 Å². The second-order valence-electron chi connectivity index (χ2n) is 5.09. The summed E-state index contributed by atoms with van der Waals surface area (Å²) in [7, 11) is -2.75. The molecule has 7 heteroatoms. The molecule has 0 unspecified atom stereocenters. The van der Waals surface area contributed by atoms with Crippen molar-refractivity contribution in [2.24, 2.45) is 0 Å². The van der Waals surface area contributed by atoms with Gasteiger partial charge in [-0.2, -0.15) is 4.31 Å². The van der Waals surface area contributed by atoms with Gasteiger partial charge in [0.2, 0.25) is 10.0 Å². The summed E-state index contributed by atoms with van der Waals surface area (Å²) in [6.07, 6.45) is 0.531. The first-order valence-corrected chi connectivity index (χ1v) is 7.50. The van der Waals surface area contributed by atoms with Gasteiger partial charge in [0.05, 0.1) is 5.56 Å². The molecule has 20 heavy (non-hydrogen) atoms. The van der Waals surface area contributed by atoms with Crippen molar-refractivity contribution >= 4 is 16.0 Å². The molecule has 0 bridgehead atoms. The van der Waals surface area contributed by atoms with Gasteiger partial charge in [-0.25, -0.2) is 17.6 Å². The maximum Gasteiger partial charge on any atom is 0.335 e. The number of sulfonamides is 1. The summed E-state index contributed by atoms with van der Waals surface area (Å²) in [6, 6.07) is 2.72. The highest BCUT2D eigenvalue weighted by Crippen LogP contribution is 2.27. The Morgan fingerprint density at radius 3 is 2.40 bits per heavy atom. The molecule has 0 aromatic heterocycles. The van der Waals surface area contributed by atoms with Crippen LogP contribution in [-0.4, -0.2) is 36.4 Å². The van der Waals surface area contributed by atoms with Crippen LogP contribution in [0.2, 0.25) is 0 Å². The molecule has 1 rings (SSSR count). The summed E-state index contributed by atoms with van der Waals surface area (Å²) in [5.41, 5.74) is -0.975. The monoisotopic (exact) mass is 303 g/mol. The largest absolute Gasteiger partial charge is 0.478 e. The molecule has 0 aliphatic rings. The van der Waals surface area contributed by atoms with Gasteiger partial charge in [0, 0.05) is 12.6 Å². The zero-order chi connectivity index (χ0) is 15.7. The van der Waals surface area contributed by atoms with Crippen molar-refractivity contribution in [3.63, 3.8) is 0 Å². The van der Waals surface area contributed by atoms with Gasteiger partial charge in [0.1, 0.15) is 10.7 Å². The molecule has 1 aromatic carbocycles. The van der Waals surface area contributed by atoms with E-state index >= 15 is 0 Å². The Morgan fingerprint density at radius 1 is 1.40 bits per heavy atom. The normalized spacial score (nSPS) is 12.7. The molecule has 0 aliphatic heterocycles. The number of carbonyl (C=O) groups is 1. The molecule has 0 saturated carbocycles. The second kappa shape index (κ2) is 5.49. The van der Waals surface area contributed by atoms with Gasteiger partial charge < -0.3 is 5.11 Å². The molecule has 0 saturated heterocycles. The van der Waals surface area contributed by atoms with E-state index in [0.29, 0.717) is 6.42 Å². The van der Waals surface area contributed by atoms with Gasteiger partial charge in [-0.1, -0.05) is 6.92 Å². The van der Waals surface area contributed by atoms with Crippen molar-refractivity contribution in [2.45, 2.75) is 37.6 Å². The number of carboxylic acids is 1. The number of hydrogen-bond donors (Lipinski definition) is 1. The SMILES string of the molecule is CCC(C)(C)N(C)S(=O)(=O)c1cc(C(=O)O)ccc1F. The number of nitrogens with zero attached hydrogens (tertiary/aromatic N) is 1. The van der Waals surface area contributed by atoms with Crippen molar-refractivity contribution in [3.8, 4) is 0 Å². The molecule has 0 aliphatic carbocycles. The van der Waals surface area contributed by atoms with Crippen LogP contribution >= 0.6 is 0 Å². The third-order valence-electron chi connectivity index (χ3n) is 3.53. The summed E-state index contributed by atoms with van der Waals surface area (Å²) < 4.78 is 39.7. The third kappa shape index (κ3) is 2.99. The van der Waals surface area contributed by atoms with Crippen molar-refractivity contribution in [1.29, 1.82) is 0 Å². The van der Waals surface area contributed by atoms with Crippen molar-refractivity contribution in [3.05, 3.63) is 29.6 Å². The molecule has 0 radical (unpaired) electrons. The number of benzene rings is 1. The number of halogens is 1. The smallest absolute Gasteiger partial charge is 0.335 e. The molecule has 0 heterocycles. The Bertz CT molecular complexity index is 625. The summed E-state index contributed by atoms with van der Waals surface area (Å²) in [4.78, 5) is 10.3. The lowest BCUT2D eigenvalue weighted by atomic mass is 10.0. The van der Waals surface area contributed by atoms with Gasteiger partial charge >= 0.3 is 5.97 Å². The van der Waals surface area contributed by atoms with Crippen LogP contribution in [0.3, 0.4) is 0 Å². The standard InChI is InChI=1S/C13H18FNO4S/c1-5-13(2,3)15(4)20(18,19)11-8-9(12(16)17)6-7-10(11)14/h6-8H,5H2,1-4H3,(H,16,17). The van der Waals surface area contributed by atoms with Gasteiger partial charge in [-0.3, -0.25) is 0 Å². The molecule has 0 atom stereocenters. The third-order valence-corrected chi connectivity index (χ3v) is 5.62. The highest BCUT2D eigenvalue weighted by Gasteiger charge is 2.34. The lowest BCUT2D eigenvalue weighted by molar-refractivity contribution is 0.0696. The quantitative estimate of drug-likeness (QED) is 0.906. The Kier molecular flexibility index (Phi) is 4.55. The van der Waals surface area contributed by atoms with E-state index in [9.17, 15) is 17.6 Å². The summed E-state index contributed by atoms with van der Waals surface area (Å²) >= 11 is 0. The first-order valence-electron chi connectivity index (χ1n) is 6.06. The van der Waals surface area contributed by atoms with E-state index in [1.165, 1.54) is 7.05 Å². The first-order chi connectivity index (χ1) is 9.04. The molecule has 112 valence electrons. The Balaban J connectivity index is 3.43. The van der Waals surface area contributed by atoms with Crippen molar-refractivity contribution < 1.29 is 22.7 Å². The second-order valence-corrected chi connectivity index (χ2v) is 7.03. The first kappa shape index (κ1) is 16.6. The minimum absolute atomic E-state index is 0.271. The fraction of sp³-hybridized carbons (Fsp3) is 0.462. The number of aromatic carboxylic acids is 1. The highest BCUT2D eigenvalue weighted by atomic mass is 32.2. The molecular weight excluding hydrogens is 285 g/mol. The van der Waals surface area contributed by atoms with Crippen molar-refractivity contribution in [2.75, 3.05) is 7.05 Å². The van der Waals surface area contributed by atoms with Crippen LogP contribution in [0.15, 0.2) is 23.1 Å². The average Bonchev–Trinajstić information content (AvgIpc) is 2.37. The minimum atomic E-state index is -4.10. The van der Waals surface area contributed by atoms with E-state index in [0.717, 1.165) is 22.5 Å². The zero-order valence-corrected chi connectivity index (χ0v) is 12.7. The number of hydrogen-bond acceptors (Lipinski definition) is 3. The maximum absolute atomic E-state index is 13.8. The lowest BCUT2D eigenvalue weighted by Crippen LogP contribution is -2.44. The number of carboxylic acid groups (broad SMARTS) is 1. The highest BCUT2D eigenvalue weighted by molar-refractivity contribution is 7.89. The van der Waals surface area contributed by atoms with Gasteiger partial charge in [0.25, 0.3) is 0 Å². The molecule has 1 aromatic rings. The Hall–Kier alpha value is -1.47. The fourth-order valence-corrected chi connectivity index (χ4v) is 3.19. The summed E-state index contributed by atoms with van der Waals surface area (Å²) in [5, 5.41) is 8.88. The maximum atomic E-state index is 13.8. The van der Waals surface area contributed by atoms with E-state index in [4.69, 9.17) is 5.11 Å². The summed E-state index contributed by atoms with van der Waals surface area (Å²) in [6.45, 7) is 5.24. The van der Waals surface area contributed by atoms with Crippen LogP contribution in [0, 0.1) is 5.82 Å². The van der Waals surface area contributed by atoms with E-state index in [1.807, 2.05) is 6.92 Å². The predicted octanol–water partition coefficient (Wildman–Crippen LogP) is 2.33. The fourth-order valence-electron chi connectivity index (χ4n) is 1.53. The van der Waals surface area contributed by atoms with E-state index < -0.39 is 32.2 Å². The lowest BCUT2D eigenvalue weighted by Gasteiger charge is -2.33. The average molecular weight is 303 g/mol. The van der Waals surface area contributed by atoms with Crippen LogP contribution in [0.25, 0.3) is 0 Å². The molecule has 5 nitrogen and oxygen atoms in total. The van der Waals surface area contributed by atoms with E-state index in [-0.39, 0.29) is 5.56 Å². The van der Waals surface area contributed by atoms with Gasteiger partial charge in [-0.05, 0) is 38.5 Å². The van der Waals surface area contributed by atoms with E-state index in [2.05, 4.69) is 0 Å². The van der Waals surface area contributed by atoms with Gasteiger partial charge in [-0.15, -0.1) is 0 Å². The van der Waals surface area contributed by atoms with Crippen molar-refractivity contribution in [1.82, 2.24) is 4.31 Å². The Labute approximate surface area is 118 Å². The van der Waals surface area contributed by atoms with Crippen LogP contribution in [0.1, 0.15) is 37.6 Å². The number of rotatable bonds is 5. The van der Waals surface area contributed by atoms with Crippen LogP contribution in [0.4, 0.5) is 4.39 Å². The molecule has 0 fully saturated rings. The van der Waals surface area contributed by atoms with Crippen LogP contribution < -0.4 is 0 Å². The topological polar surface area (TPSA) is 74.7 Å². The molecule has 1 N–H and O–H groups in total. The van der Waals surface area contributed by atoms with Gasteiger partial charge in [0.15, 0.2) is 0 Å². The molecule has 0 amide bonds. The van der Waals surface area contributed by atoms with Crippen LogP contribution in [0.5, 0.6) is 0 Å². The predicted molar refractivity (Wildman–Crippen MR) is 72.7 cm³/mol. The minimum Gasteiger partial charge on any atom is -0.478 e. The molecule has 0 spiro atoms. The summed E-state index contributed by atoms with van der Waals surface area (Å²) in [5.74, 6) is -2.27. The zero-order valence-electron chi connectivity index (χ0n) is 11.8.